The van der Waals surface area contributed by atoms with Crippen LogP contribution in [0.4, 0.5) is 22.0 Å². The van der Waals surface area contributed by atoms with E-state index in [1.165, 1.54) is 6.08 Å². The van der Waals surface area contributed by atoms with Crippen LogP contribution in [0.5, 0.6) is 0 Å². The molecule has 0 aliphatic heterocycles. The Morgan fingerprint density at radius 1 is 1.20 bits per heavy atom. The largest absolute Gasteiger partial charge is 0.477 e. The summed E-state index contributed by atoms with van der Waals surface area (Å²) in [5.74, 6) is -4.21. The van der Waals surface area contributed by atoms with Crippen molar-refractivity contribution in [3.8, 4) is 0 Å². The second-order valence-electron chi connectivity index (χ2n) is 9.87. The van der Waals surface area contributed by atoms with E-state index in [-0.39, 0.29) is 43.5 Å². The van der Waals surface area contributed by atoms with E-state index in [0.717, 1.165) is 45.6 Å². The van der Waals surface area contributed by atoms with Crippen molar-refractivity contribution >= 4 is 23.5 Å². The Balaban J connectivity index is 0.000000347. The van der Waals surface area contributed by atoms with Crippen LogP contribution in [-0.4, -0.2) is 44.2 Å². The molecule has 2 aromatic carbocycles. The molecule has 0 unspecified atom stereocenters. The second-order valence-corrected chi connectivity index (χ2v) is 9.87. The quantitative estimate of drug-likeness (QED) is 0.134. The Labute approximate surface area is 259 Å². The zero-order valence-electron chi connectivity index (χ0n) is 23.6. The number of hydrogen-bond acceptors (Lipinski definition) is 7. The van der Waals surface area contributed by atoms with Gasteiger partial charge in [0.05, 0.1) is 23.4 Å². The van der Waals surface area contributed by atoms with E-state index in [9.17, 15) is 41.4 Å². The molecule has 0 saturated carbocycles. The zero-order chi connectivity index (χ0) is 33.1. The summed E-state index contributed by atoms with van der Waals surface area (Å²) < 4.78 is 68.9. The maximum atomic E-state index is 13.9. The summed E-state index contributed by atoms with van der Waals surface area (Å²) in [5.41, 5.74) is 6.29. The average molecular weight is 648 g/mol. The van der Waals surface area contributed by atoms with Crippen molar-refractivity contribution in [1.82, 2.24) is 19.9 Å². The number of benzene rings is 2. The van der Waals surface area contributed by atoms with Crippen molar-refractivity contribution in [2.24, 2.45) is 5.73 Å². The molecule has 2 aromatic heterocycles. The summed E-state index contributed by atoms with van der Waals surface area (Å²) >= 11 is 0. The lowest BCUT2D eigenvalue weighted by Crippen LogP contribution is -2.29. The third kappa shape index (κ3) is 7.54. The smallest absolute Gasteiger partial charge is 0.416 e. The number of fused-ring (bicyclic) bond motifs is 2. The Morgan fingerprint density at radius 3 is 2.54 bits per heavy atom. The molecule has 4 N–H and O–H groups in total. The number of carboxylic acids is 1. The first-order chi connectivity index (χ1) is 21.2. The first-order valence-corrected chi connectivity index (χ1v) is 13.3. The normalized spacial score (nSPS) is 13.6. The van der Waals surface area contributed by atoms with Crippen LogP contribution >= 0.6 is 0 Å². The molecule has 244 valence electrons. The van der Waals surface area contributed by atoms with Gasteiger partial charge in [-0.25, -0.2) is 27.9 Å². The van der Waals surface area contributed by atoms with Crippen LogP contribution in [0, 0.1) is 18.6 Å². The number of nitrogens with zero attached hydrogens (tertiary/aromatic N) is 3. The lowest BCUT2D eigenvalue weighted by atomic mass is 9.98. The standard InChI is InChI=1S/C22H19FN4O5.C8H7F4N.CH4/c1-3-8-32-22(31)13-4-5-14-12(11(13)2)6-7-16(14)26-20(28)18-9-17(21(29)30)25-19-15(23)10-24-27(18)19;9-7-2-5(4-13)1-6(3-7)8(10,11)12;/h3-5,9-10,16H,1,6-8H2,2H3,(H,26,28)(H,29,30);1-3H,4,13H2;1H4/t16-;;/m0../s1. The van der Waals surface area contributed by atoms with Crippen molar-refractivity contribution in [2.45, 2.75) is 46.0 Å². The number of halogens is 5. The van der Waals surface area contributed by atoms with Crippen molar-refractivity contribution in [3.63, 3.8) is 0 Å². The van der Waals surface area contributed by atoms with Crippen molar-refractivity contribution < 1.29 is 46.2 Å². The minimum atomic E-state index is -4.52. The number of amides is 1. The summed E-state index contributed by atoms with van der Waals surface area (Å²) in [6, 6.07) is 6.36. The molecule has 1 atom stereocenters. The van der Waals surface area contributed by atoms with Crippen molar-refractivity contribution in [2.75, 3.05) is 6.61 Å². The molecule has 0 fully saturated rings. The highest BCUT2D eigenvalue weighted by atomic mass is 19.4. The van der Waals surface area contributed by atoms with Crippen LogP contribution in [0.15, 0.2) is 55.3 Å². The van der Waals surface area contributed by atoms with Crippen molar-refractivity contribution in [1.29, 1.82) is 0 Å². The minimum absolute atomic E-state index is 0. The van der Waals surface area contributed by atoms with Gasteiger partial charge in [-0.15, -0.1) is 0 Å². The third-order valence-electron chi connectivity index (χ3n) is 6.95. The molecule has 1 amide bonds. The molecule has 0 spiro atoms. The number of aromatic nitrogens is 3. The Kier molecular flexibility index (Phi) is 11.0. The van der Waals surface area contributed by atoms with E-state index in [4.69, 9.17) is 10.5 Å². The molecule has 10 nitrogen and oxygen atoms in total. The molecule has 5 rings (SSSR count). The number of hydrogen-bond donors (Lipinski definition) is 3. The van der Waals surface area contributed by atoms with Crippen LogP contribution in [0.1, 0.15) is 79.0 Å². The molecule has 1 aliphatic carbocycles. The Hall–Kier alpha value is -5.18. The predicted octanol–water partition coefficient (Wildman–Crippen LogP) is 5.57. The number of nitrogens with two attached hydrogens (primary N) is 1. The number of carbonyl (C=O) groups excluding carboxylic acids is 2. The maximum absolute atomic E-state index is 13.9. The number of esters is 1. The molecule has 0 radical (unpaired) electrons. The molecule has 46 heavy (non-hydrogen) atoms. The summed E-state index contributed by atoms with van der Waals surface area (Å²) in [6.45, 7) is 5.35. The Morgan fingerprint density at radius 2 is 1.91 bits per heavy atom. The van der Waals surface area contributed by atoms with Gasteiger partial charge in [-0.3, -0.25) is 4.79 Å². The lowest BCUT2D eigenvalue weighted by molar-refractivity contribution is -0.137. The molecule has 0 bridgehead atoms. The van der Waals surface area contributed by atoms with Crippen LogP contribution in [0.2, 0.25) is 0 Å². The van der Waals surface area contributed by atoms with E-state index in [2.05, 4.69) is 22.0 Å². The SMILES string of the molecule is C.C=CCOC(=O)c1ccc2c(c1C)CC[C@@H]2NC(=O)c1cc(C(=O)O)nc2c(F)cnn12.NCc1cc(F)cc(C(F)(F)F)c1. The summed E-state index contributed by atoms with van der Waals surface area (Å²) in [5, 5.41) is 15.9. The molecule has 0 saturated heterocycles. The molecule has 2 heterocycles. The predicted molar refractivity (Wildman–Crippen MR) is 156 cm³/mol. The molecule has 1 aliphatic rings. The second kappa shape index (κ2) is 14.3. The van der Waals surface area contributed by atoms with E-state index in [1.54, 1.807) is 12.1 Å². The monoisotopic (exact) mass is 647 g/mol. The fourth-order valence-electron chi connectivity index (χ4n) is 4.84. The molecular formula is C31H30F5N5O5. The minimum Gasteiger partial charge on any atom is -0.477 e. The summed E-state index contributed by atoms with van der Waals surface area (Å²) in [7, 11) is 0. The lowest BCUT2D eigenvalue weighted by Gasteiger charge is -2.16. The van der Waals surface area contributed by atoms with Gasteiger partial charge >= 0.3 is 18.1 Å². The molecular weight excluding hydrogens is 617 g/mol. The van der Waals surface area contributed by atoms with Gasteiger partial charge in [0.2, 0.25) is 0 Å². The van der Waals surface area contributed by atoms with Crippen LogP contribution in [0.3, 0.4) is 0 Å². The number of rotatable bonds is 7. The van der Waals surface area contributed by atoms with E-state index in [0.29, 0.717) is 24.5 Å². The highest BCUT2D eigenvalue weighted by Gasteiger charge is 2.31. The highest BCUT2D eigenvalue weighted by molar-refractivity contribution is 5.96. The summed E-state index contributed by atoms with van der Waals surface area (Å²) in [4.78, 5) is 40.3. The van der Waals surface area contributed by atoms with Crippen LogP contribution < -0.4 is 11.1 Å². The highest BCUT2D eigenvalue weighted by Crippen LogP contribution is 2.35. The van der Waals surface area contributed by atoms with Gasteiger partial charge in [-0.05, 0) is 66.3 Å². The van der Waals surface area contributed by atoms with Crippen LogP contribution in [-0.2, 0) is 23.9 Å². The average Bonchev–Trinajstić information content (AvgIpc) is 3.58. The fourth-order valence-corrected chi connectivity index (χ4v) is 4.84. The number of nitrogens with one attached hydrogen (secondary N) is 1. The van der Waals surface area contributed by atoms with Gasteiger partial charge < -0.3 is 20.9 Å². The number of alkyl halides is 3. The first kappa shape index (κ1) is 35.3. The maximum Gasteiger partial charge on any atom is 0.416 e. The van der Waals surface area contributed by atoms with E-state index < -0.39 is 46.9 Å². The molecule has 15 heteroatoms. The topological polar surface area (TPSA) is 149 Å². The zero-order valence-corrected chi connectivity index (χ0v) is 23.6. The molecule has 4 aromatic rings. The fraction of sp³-hybridized carbons (Fsp3) is 0.258. The number of carbonyl (C=O) groups is 3. The van der Waals surface area contributed by atoms with Gasteiger partial charge in [-0.2, -0.15) is 18.3 Å². The van der Waals surface area contributed by atoms with Crippen molar-refractivity contribution in [3.05, 3.63) is 112 Å². The third-order valence-corrected chi connectivity index (χ3v) is 6.95. The number of carboxylic acid groups (broad SMARTS) is 1. The van der Waals surface area contributed by atoms with E-state index >= 15 is 0 Å². The first-order valence-electron chi connectivity index (χ1n) is 13.3. The van der Waals surface area contributed by atoms with E-state index in [1.807, 2.05) is 6.92 Å². The van der Waals surface area contributed by atoms with Gasteiger partial charge in [0, 0.05) is 12.6 Å². The number of ether oxygens (including phenoxy) is 1. The summed E-state index contributed by atoms with van der Waals surface area (Å²) in [6.07, 6.45) is -0.945. The van der Waals surface area contributed by atoms with Gasteiger partial charge in [0.25, 0.3) is 5.91 Å². The van der Waals surface area contributed by atoms with Gasteiger partial charge in [0.15, 0.2) is 17.2 Å². The number of aromatic carboxylic acids is 1. The van der Waals surface area contributed by atoms with Gasteiger partial charge in [0.1, 0.15) is 18.1 Å². The Bertz CT molecular complexity index is 1800. The van der Waals surface area contributed by atoms with Gasteiger partial charge in [-0.1, -0.05) is 26.1 Å². The van der Waals surface area contributed by atoms with Crippen LogP contribution in [0.25, 0.3) is 5.65 Å².